The molecule has 0 radical (unpaired) electrons. The molecule has 3 aromatic rings. The van der Waals surface area contributed by atoms with Crippen LogP contribution in [0.2, 0.25) is 5.02 Å². The lowest BCUT2D eigenvalue weighted by Gasteiger charge is -2.15. The second kappa shape index (κ2) is 8.28. The van der Waals surface area contributed by atoms with Crippen molar-refractivity contribution >= 4 is 22.5 Å². The summed E-state index contributed by atoms with van der Waals surface area (Å²) in [5, 5.41) is 5.98. The number of benzene rings is 2. The number of fused-ring (bicyclic) bond motifs is 1. The van der Waals surface area contributed by atoms with Crippen molar-refractivity contribution in [3.63, 3.8) is 0 Å². The Kier molecular flexibility index (Phi) is 5.62. The van der Waals surface area contributed by atoms with Crippen molar-refractivity contribution in [2.24, 2.45) is 0 Å². The van der Waals surface area contributed by atoms with E-state index in [4.69, 9.17) is 11.6 Å². The monoisotopic (exact) mass is 366 g/mol. The molecule has 1 heterocycles. The lowest BCUT2D eigenvalue weighted by Crippen LogP contribution is -2.27. The average Bonchev–Trinajstić information content (AvgIpc) is 2.82. The van der Waals surface area contributed by atoms with Crippen LogP contribution in [0.25, 0.3) is 10.9 Å². The van der Waals surface area contributed by atoms with Crippen LogP contribution in [0.4, 0.5) is 0 Å². The third kappa shape index (κ3) is 4.13. The molecule has 0 atom stereocenters. The summed E-state index contributed by atoms with van der Waals surface area (Å²) < 4.78 is 2.35. The van der Waals surface area contributed by atoms with Gasteiger partial charge in [0.2, 0.25) is 0 Å². The van der Waals surface area contributed by atoms with E-state index in [1.807, 2.05) is 12.1 Å². The molecule has 1 fully saturated rings. The number of rotatable bonds is 5. The van der Waals surface area contributed by atoms with Gasteiger partial charge in [-0.3, -0.25) is 0 Å². The summed E-state index contributed by atoms with van der Waals surface area (Å²) in [5.41, 5.74) is 3.93. The first-order valence-electron chi connectivity index (χ1n) is 9.84. The highest BCUT2D eigenvalue weighted by Crippen LogP contribution is 2.24. The number of para-hydroxylation sites is 1. The van der Waals surface area contributed by atoms with Gasteiger partial charge in [-0.05, 0) is 42.2 Å². The second-order valence-electron chi connectivity index (χ2n) is 7.50. The van der Waals surface area contributed by atoms with Crippen LogP contribution in [0, 0.1) is 0 Å². The first-order chi connectivity index (χ1) is 12.8. The molecule has 0 saturated heterocycles. The van der Waals surface area contributed by atoms with Crippen LogP contribution in [-0.4, -0.2) is 10.6 Å². The van der Waals surface area contributed by atoms with Crippen molar-refractivity contribution < 1.29 is 0 Å². The Bertz CT molecular complexity index is 860. The maximum atomic E-state index is 6.16. The van der Waals surface area contributed by atoms with Crippen molar-refractivity contribution in [2.45, 2.75) is 57.7 Å². The number of hydrogen-bond acceptors (Lipinski definition) is 1. The van der Waals surface area contributed by atoms with Gasteiger partial charge in [-0.15, -0.1) is 0 Å². The van der Waals surface area contributed by atoms with Crippen molar-refractivity contribution in [1.29, 1.82) is 0 Å². The molecule has 1 N–H and O–H groups in total. The van der Waals surface area contributed by atoms with Crippen LogP contribution in [0.15, 0.2) is 54.7 Å². The highest BCUT2D eigenvalue weighted by Gasteiger charge is 2.14. The Morgan fingerprint density at radius 1 is 0.962 bits per heavy atom. The largest absolute Gasteiger partial charge is 0.343 e. The van der Waals surface area contributed by atoms with Crippen LogP contribution in [0.5, 0.6) is 0 Å². The van der Waals surface area contributed by atoms with Crippen molar-refractivity contribution in [1.82, 2.24) is 9.88 Å². The Morgan fingerprint density at radius 2 is 1.77 bits per heavy atom. The Morgan fingerprint density at radius 3 is 2.58 bits per heavy atom. The molecule has 1 aliphatic carbocycles. The average molecular weight is 367 g/mol. The van der Waals surface area contributed by atoms with Gasteiger partial charge in [0.1, 0.15) is 0 Å². The zero-order chi connectivity index (χ0) is 17.8. The van der Waals surface area contributed by atoms with E-state index in [9.17, 15) is 0 Å². The standard InChI is InChI=1S/C23H27ClN2/c24-20-9-7-8-18(14-20)16-26-17-19(22-12-5-6-13-23(22)26)15-25-21-10-3-1-2-4-11-21/h5-9,12-14,17,21,25H,1-4,10-11,15-16H2. The molecular weight excluding hydrogens is 340 g/mol. The number of nitrogens with one attached hydrogen (secondary N) is 1. The van der Waals surface area contributed by atoms with Crippen LogP contribution in [0.1, 0.15) is 49.7 Å². The van der Waals surface area contributed by atoms with E-state index in [0.717, 1.165) is 18.1 Å². The number of hydrogen-bond donors (Lipinski definition) is 1. The van der Waals surface area contributed by atoms with Gasteiger partial charge >= 0.3 is 0 Å². The van der Waals surface area contributed by atoms with Gasteiger partial charge in [-0.2, -0.15) is 0 Å². The van der Waals surface area contributed by atoms with Gasteiger partial charge in [0.15, 0.2) is 0 Å². The predicted octanol–water partition coefficient (Wildman–Crippen LogP) is 6.16. The van der Waals surface area contributed by atoms with E-state index in [2.05, 4.69) is 52.5 Å². The Labute approximate surface area is 161 Å². The summed E-state index contributed by atoms with van der Waals surface area (Å²) in [5.74, 6) is 0. The molecule has 0 spiro atoms. The van der Waals surface area contributed by atoms with Crippen LogP contribution in [-0.2, 0) is 13.1 Å². The third-order valence-electron chi connectivity index (χ3n) is 5.55. The molecule has 2 aromatic carbocycles. The van der Waals surface area contributed by atoms with Crippen LogP contribution in [0.3, 0.4) is 0 Å². The molecule has 1 aromatic heterocycles. The fourth-order valence-corrected chi connectivity index (χ4v) is 4.38. The molecular formula is C23H27ClN2. The van der Waals surface area contributed by atoms with Crippen LogP contribution >= 0.6 is 11.6 Å². The summed E-state index contributed by atoms with van der Waals surface area (Å²) in [6.45, 7) is 1.80. The number of aromatic nitrogens is 1. The minimum Gasteiger partial charge on any atom is -0.343 e. The third-order valence-corrected chi connectivity index (χ3v) is 5.78. The molecule has 0 bridgehead atoms. The number of nitrogens with zero attached hydrogens (tertiary/aromatic N) is 1. The van der Waals surface area contributed by atoms with Gasteiger partial charge in [-0.1, -0.05) is 67.6 Å². The Balaban J connectivity index is 1.55. The first kappa shape index (κ1) is 17.6. The summed E-state index contributed by atoms with van der Waals surface area (Å²) >= 11 is 6.16. The van der Waals surface area contributed by atoms with E-state index < -0.39 is 0 Å². The minimum absolute atomic E-state index is 0.674. The fraction of sp³-hybridized carbons (Fsp3) is 0.391. The zero-order valence-corrected chi connectivity index (χ0v) is 16.0. The normalized spacial score (nSPS) is 16.0. The summed E-state index contributed by atoms with van der Waals surface area (Å²) in [4.78, 5) is 0. The van der Waals surface area contributed by atoms with E-state index in [1.54, 1.807) is 0 Å². The SMILES string of the molecule is Clc1cccc(Cn2cc(CNC3CCCCCC3)c3ccccc32)c1. The predicted molar refractivity (Wildman–Crippen MR) is 111 cm³/mol. The van der Waals surface area contributed by atoms with Gasteiger partial charge in [-0.25, -0.2) is 0 Å². The summed E-state index contributed by atoms with van der Waals surface area (Å²) in [7, 11) is 0. The van der Waals surface area contributed by atoms with Crippen molar-refractivity contribution in [2.75, 3.05) is 0 Å². The topological polar surface area (TPSA) is 17.0 Å². The second-order valence-corrected chi connectivity index (χ2v) is 7.94. The minimum atomic E-state index is 0.674. The fourth-order valence-electron chi connectivity index (χ4n) is 4.16. The van der Waals surface area contributed by atoms with Gasteiger partial charge in [0, 0.05) is 41.3 Å². The smallest absolute Gasteiger partial charge is 0.0486 e. The van der Waals surface area contributed by atoms with Gasteiger partial charge in [0.25, 0.3) is 0 Å². The highest BCUT2D eigenvalue weighted by atomic mass is 35.5. The van der Waals surface area contributed by atoms with Gasteiger partial charge < -0.3 is 9.88 Å². The maximum absolute atomic E-state index is 6.16. The lowest BCUT2D eigenvalue weighted by molar-refractivity contribution is 0.459. The highest BCUT2D eigenvalue weighted by molar-refractivity contribution is 6.30. The van der Waals surface area contributed by atoms with Gasteiger partial charge in [0.05, 0.1) is 0 Å². The molecule has 3 heteroatoms. The van der Waals surface area contributed by atoms with E-state index in [-0.39, 0.29) is 0 Å². The maximum Gasteiger partial charge on any atom is 0.0486 e. The molecule has 2 nitrogen and oxygen atoms in total. The van der Waals surface area contributed by atoms with E-state index in [0.29, 0.717) is 6.04 Å². The Hall–Kier alpha value is -1.77. The van der Waals surface area contributed by atoms with Crippen molar-refractivity contribution in [3.8, 4) is 0 Å². The molecule has 1 saturated carbocycles. The molecule has 0 aliphatic heterocycles. The van der Waals surface area contributed by atoms with E-state index >= 15 is 0 Å². The molecule has 4 rings (SSSR count). The van der Waals surface area contributed by atoms with Crippen LogP contribution < -0.4 is 5.32 Å². The molecule has 1 aliphatic rings. The summed E-state index contributed by atoms with van der Waals surface area (Å²) in [6.07, 6.45) is 10.5. The molecule has 26 heavy (non-hydrogen) atoms. The molecule has 0 amide bonds. The molecule has 136 valence electrons. The first-order valence-corrected chi connectivity index (χ1v) is 10.2. The lowest BCUT2D eigenvalue weighted by atomic mass is 10.1. The van der Waals surface area contributed by atoms with Crippen molar-refractivity contribution in [3.05, 3.63) is 70.9 Å². The summed E-state index contributed by atoms with van der Waals surface area (Å²) in [6, 6.07) is 17.6. The zero-order valence-electron chi connectivity index (χ0n) is 15.3. The van der Waals surface area contributed by atoms with E-state index in [1.165, 1.54) is 60.6 Å². The molecule has 0 unspecified atom stereocenters. The number of halogens is 1. The quantitative estimate of drug-likeness (QED) is 0.535.